The van der Waals surface area contributed by atoms with Crippen LogP contribution in [0.25, 0.3) is 5.57 Å². The van der Waals surface area contributed by atoms with Crippen molar-refractivity contribution in [3.63, 3.8) is 0 Å². The third-order valence-electron chi connectivity index (χ3n) is 2.17. The maximum absolute atomic E-state index is 9.13. The molecule has 0 atom stereocenters. The zero-order valence-electron chi connectivity index (χ0n) is 10.5. The highest BCUT2D eigenvalue weighted by atomic mass is 16.5. The van der Waals surface area contributed by atoms with E-state index in [-0.39, 0.29) is 0 Å². The molecule has 0 unspecified atom stereocenters. The molecule has 0 aromatic heterocycles. The summed E-state index contributed by atoms with van der Waals surface area (Å²) in [7, 11) is 6.91. The summed E-state index contributed by atoms with van der Waals surface area (Å²) in [4.78, 5) is 1.82. The van der Waals surface area contributed by atoms with Gasteiger partial charge in [-0.3, -0.25) is 0 Å². The van der Waals surface area contributed by atoms with Crippen molar-refractivity contribution in [2.75, 3.05) is 28.3 Å². The van der Waals surface area contributed by atoms with Gasteiger partial charge < -0.3 is 14.4 Å². The van der Waals surface area contributed by atoms with Crippen molar-refractivity contribution in [1.82, 2.24) is 4.90 Å². The summed E-state index contributed by atoms with van der Waals surface area (Å²) in [5.74, 6) is 1.33. The summed E-state index contributed by atoms with van der Waals surface area (Å²) in [5.41, 5.74) is 1.34. The average Bonchev–Trinajstić information content (AvgIpc) is 2.34. The Morgan fingerprint density at radius 1 is 1.18 bits per heavy atom. The van der Waals surface area contributed by atoms with Gasteiger partial charge in [0.05, 0.1) is 19.8 Å². The summed E-state index contributed by atoms with van der Waals surface area (Å²) in [5, 5.41) is 9.13. The molecule has 0 bridgehead atoms. The second kappa shape index (κ2) is 5.80. The Morgan fingerprint density at radius 2 is 1.71 bits per heavy atom. The van der Waals surface area contributed by atoms with Crippen molar-refractivity contribution < 1.29 is 9.47 Å². The number of allylic oxidation sites excluding steroid dienone is 1. The number of hydrogen-bond donors (Lipinski definition) is 0. The Bertz CT molecular complexity index is 437. The minimum absolute atomic E-state index is 0.562. The number of nitrogens with zero attached hydrogens (tertiary/aromatic N) is 2. The average molecular weight is 232 g/mol. The van der Waals surface area contributed by atoms with Crippen LogP contribution in [0, 0.1) is 11.3 Å². The van der Waals surface area contributed by atoms with Crippen LogP contribution in [0.15, 0.2) is 24.4 Å². The van der Waals surface area contributed by atoms with E-state index >= 15 is 0 Å². The van der Waals surface area contributed by atoms with Crippen LogP contribution in [0.4, 0.5) is 0 Å². The van der Waals surface area contributed by atoms with Crippen molar-refractivity contribution in [1.29, 1.82) is 5.26 Å². The molecule has 0 aliphatic heterocycles. The van der Waals surface area contributed by atoms with Gasteiger partial charge >= 0.3 is 0 Å². The zero-order chi connectivity index (χ0) is 12.8. The summed E-state index contributed by atoms with van der Waals surface area (Å²) in [6.07, 6.45) is 1.76. The molecule has 4 nitrogen and oxygen atoms in total. The van der Waals surface area contributed by atoms with Gasteiger partial charge in [0, 0.05) is 31.9 Å². The van der Waals surface area contributed by atoms with E-state index in [0.29, 0.717) is 17.1 Å². The molecule has 0 radical (unpaired) electrons. The van der Waals surface area contributed by atoms with Crippen LogP contribution in [-0.4, -0.2) is 33.2 Å². The van der Waals surface area contributed by atoms with Gasteiger partial charge in [-0.15, -0.1) is 0 Å². The Labute approximate surface area is 102 Å². The van der Waals surface area contributed by atoms with Crippen LogP contribution >= 0.6 is 0 Å². The fourth-order valence-corrected chi connectivity index (χ4v) is 1.39. The van der Waals surface area contributed by atoms with Gasteiger partial charge in [-0.05, 0) is 12.1 Å². The lowest BCUT2D eigenvalue weighted by atomic mass is 10.1. The van der Waals surface area contributed by atoms with Crippen LogP contribution in [0.5, 0.6) is 11.5 Å². The lowest BCUT2D eigenvalue weighted by Gasteiger charge is -2.10. The van der Waals surface area contributed by atoms with Gasteiger partial charge in [-0.1, -0.05) is 0 Å². The number of rotatable bonds is 4. The first-order valence-corrected chi connectivity index (χ1v) is 5.12. The highest BCUT2D eigenvalue weighted by Gasteiger charge is 2.06. The van der Waals surface area contributed by atoms with Gasteiger partial charge in [0.25, 0.3) is 0 Å². The van der Waals surface area contributed by atoms with Crippen LogP contribution in [-0.2, 0) is 0 Å². The Balaban J connectivity index is 3.25. The highest BCUT2D eigenvalue weighted by Crippen LogP contribution is 2.26. The summed E-state index contributed by atoms with van der Waals surface area (Å²) in [6, 6.07) is 7.55. The van der Waals surface area contributed by atoms with E-state index in [0.717, 1.165) is 5.56 Å². The van der Waals surface area contributed by atoms with E-state index in [1.165, 1.54) is 0 Å². The molecule has 0 fully saturated rings. The molecule has 0 amide bonds. The van der Waals surface area contributed by atoms with E-state index < -0.39 is 0 Å². The number of nitriles is 1. The zero-order valence-corrected chi connectivity index (χ0v) is 10.5. The van der Waals surface area contributed by atoms with Gasteiger partial charge in [-0.25, -0.2) is 0 Å². The van der Waals surface area contributed by atoms with Crippen molar-refractivity contribution >= 4 is 5.57 Å². The largest absolute Gasteiger partial charge is 0.497 e. The number of methoxy groups -OCH3 is 2. The molecular formula is C13H16N2O2. The SMILES string of the molecule is COc1cc(OC)cc(/C(C#N)=C/N(C)C)c1. The second-order valence-electron chi connectivity index (χ2n) is 3.72. The predicted octanol–water partition coefficient (Wildman–Crippen LogP) is 2.13. The molecule has 0 saturated carbocycles. The fourth-order valence-electron chi connectivity index (χ4n) is 1.39. The quantitative estimate of drug-likeness (QED) is 0.746. The molecule has 1 aromatic carbocycles. The van der Waals surface area contributed by atoms with E-state index in [9.17, 15) is 0 Å². The molecule has 0 aliphatic carbocycles. The number of hydrogen-bond acceptors (Lipinski definition) is 4. The van der Waals surface area contributed by atoms with Gasteiger partial charge in [0.1, 0.15) is 17.6 Å². The first-order valence-electron chi connectivity index (χ1n) is 5.12. The molecule has 0 spiro atoms. The van der Waals surface area contributed by atoms with Crippen LogP contribution in [0.3, 0.4) is 0 Å². The summed E-state index contributed by atoms with van der Waals surface area (Å²) >= 11 is 0. The lowest BCUT2D eigenvalue weighted by molar-refractivity contribution is 0.394. The van der Waals surface area contributed by atoms with E-state index in [2.05, 4.69) is 6.07 Å². The molecule has 1 rings (SSSR count). The maximum Gasteiger partial charge on any atom is 0.123 e. The Morgan fingerprint density at radius 3 is 2.06 bits per heavy atom. The number of benzene rings is 1. The summed E-state index contributed by atoms with van der Waals surface area (Å²) < 4.78 is 10.3. The standard InChI is InChI=1S/C13H16N2O2/c1-15(2)9-11(8-14)10-5-12(16-3)7-13(6-10)17-4/h5-7,9H,1-4H3/b11-9+. The molecule has 0 N–H and O–H groups in total. The highest BCUT2D eigenvalue weighted by molar-refractivity contribution is 5.77. The Kier molecular flexibility index (Phi) is 4.41. The summed E-state index contributed by atoms with van der Waals surface area (Å²) in [6.45, 7) is 0. The molecular weight excluding hydrogens is 216 g/mol. The van der Waals surface area contributed by atoms with Gasteiger partial charge in [0.15, 0.2) is 0 Å². The van der Waals surface area contributed by atoms with Crippen molar-refractivity contribution in [2.24, 2.45) is 0 Å². The van der Waals surface area contributed by atoms with E-state index in [1.54, 1.807) is 38.6 Å². The lowest BCUT2D eigenvalue weighted by Crippen LogP contribution is -2.02. The third-order valence-corrected chi connectivity index (χ3v) is 2.17. The smallest absolute Gasteiger partial charge is 0.123 e. The molecule has 0 saturated heterocycles. The van der Waals surface area contributed by atoms with Crippen molar-refractivity contribution in [2.45, 2.75) is 0 Å². The van der Waals surface area contributed by atoms with Gasteiger partial charge in [0.2, 0.25) is 0 Å². The molecule has 0 heterocycles. The maximum atomic E-state index is 9.13. The minimum Gasteiger partial charge on any atom is -0.497 e. The first-order chi connectivity index (χ1) is 8.10. The minimum atomic E-state index is 0.562. The predicted molar refractivity (Wildman–Crippen MR) is 66.8 cm³/mol. The monoisotopic (exact) mass is 232 g/mol. The van der Waals surface area contributed by atoms with Crippen LogP contribution in [0.2, 0.25) is 0 Å². The molecule has 90 valence electrons. The van der Waals surface area contributed by atoms with E-state index in [4.69, 9.17) is 14.7 Å². The van der Waals surface area contributed by atoms with Crippen LogP contribution < -0.4 is 9.47 Å². The third kappa shape index (κ3) is 3.42. The topological polar surface area (TPSA) is 45.5 Å². The Hall–Kier alpha value is -2.15. The van der Waals surface area contributed by atoms with E-state index in [1.807, 2.05) is 19.0 Å². The van der Waals surface area contributed by atoms with Crippen molar-refractivity contribution in [3.05, 3.63) is 30.0 Å². The molecule has 17 heavy (non-hydrogen) atoms. The fraction of sp³-hybridized carbons (Fsp3) is 0.308. The number of ether oxygens (including phenoxy) is 2. The normalized spacial score (nSPS) is 10.6. The van der Waals surface area contributed by atoms with Crippen LogP contribution in [0.1, 0.15) is 5.56 Å². The molecule has 4 heteroatoms. The first kappa shape index (κ1) is 12.9. The van der Waals surface area contributed by atoms with Crippen molar-refractivity contribution in [3.8, 4) is 17.6 Å². The van der Waals surface area contributed by atoms with Gasteiger partial charge in [-0.2, -0.15) is 5.26 Å². The molecule has 0 aliphatic rings. The molecule has 1 aromatic rings. The second-order valence-corrected chi connectivity index (χ2v) is 3.72.